The van der Waals surface area contributed by atoms with Gasteiger partial charge in [0.2, 0.25) is 0 Å². The Morgan fingerprint density at radius 2 is 1.70 bits per heavy atom. The lowest BCUT2D eigenvalue weighted by molar-refractivity contribution is 0.0689. The Kier molecular flexibility index (Phi) is 10.0. The Morgan fingerprint density at radius 3 is 2.44 bits per heavy atom. The smallest absolute Gasteiger partial charge is 0.196 e. The predicted molar refractivity (Wildman–Crippen MR) is 112 cm³/mol. The normalized spacial score (nSPS) is 11.4. The summed E-state index contributed by atoms with van der Waals surface area (Å²) in [4.78, 5) is 4.72. The zero-order valence-corrected chi connectivity index (χ0v) is 16.4. The number of methoxy groups -OCH3 is 1. The van der Waals surface area contributed by atoms with Crippen LogP contribution in [0.2, 0.25) is 0 Å². The molecule has 5 nitrogen and oxygen atoms in total. The van der Waals surface area contributed by atoms with E-state index in [1.165, 1.54) is 11.1 Å². The SMILES string of the molecule is COCCOCCCCNC(=NCc1ccc(C)cc1)Nc1ccccc1. The number of para-hydroxylation sites is 1. The molecule has 2 rings (SSSR count). The van der Waals surface area contributed by atoms with E-state index in [1.807, 2.05) is 30.3 Å². The summed E-state index contributed by atoms with van der Waals surface area (Å²) in [6.07, 6.45) is 2.03. The van der Waals surface area contributed by atoms with Crippen LogP contribution in [-0.2, 0) is 16.0 Å². The van der Waals surface area contributed by atoms with E-state index in [2.05, 4.69) is 41.8 Å². The molecule has 0 aliphatic heterocycles. The highest BCUT2D eigenvalue weighted by atomic mass is 16.5. The van der Waals surface area contributed by atoms with Gasteiger partial charge in [-0.3, -0.25) is 0 Å². The number of rotatable bonds is 11. The van der Waals surface area contributed by atoms with Gasteiger partial charge >= 0.3 is 0 Å². The summed E-state index contributed by atoms with van der Waals surface area (Å²) >= 11 is 0. The number of aryl methyl sites for hydroxylation is 1. The molecule has 0 heterocycles. The van der Waals surface area contributed by atoms with E-state index in [1.54, 1.807) is 7.11 Å². The van der Waals surface area contributed by atoms with Crippen molar-refractivity contribution in [2.45, 2.75) is 26.3 Å². The summed E-state index contributed by atoms with van der Waals surface area (Å²) in [6, 6.07) is 18.6. The van der Waals surface area contributed by atoms with Crippen LogP contribution in [-0.4, -0.2) is 39.4 Å². The average molecular weight is 370 g/mol. The number of hydrogen-bond acceptors (Lipinski definition) is 3. The van der Waals surface area contributed by atoms with Crippen LogP contribution in [0.4, 0.5) is 5.69 Å². The summed E-state index contributed by atoms with van der Waals surface area (Å²) < 4.78 is 10.5. The Bertz CT molecular complexity index is 657. The second kappa shape index (κ2) is 12.9. The van der Waals surface area contributed by atoms with Crippen molar-refractivity contribution in [2.24, 2.45) is 4.99 Å². The Balaban J connectivity index is 1.82. The van der Waals surface area contributed by atoms with E-state index in [0.717, 1.165) is 37.6 Å². The molecule has 0 fully saturated rings. The van der Waals surface area contributed by atoms with Crippen LogP contribution in [0, 0.1) is 6.92 Å². The first-order chi connectivity index (χ1) is 13.3. The van der Waals surface area contributed by atoms with Crippen LogP contribution >= 0.6 is 0 Å². The molecule has 2 N–H and O–H groups in total. The molecule has 0 spiro atoms. The van der Waals surface area contributed by atoms with Gasteiger partial charge in [0.15, 0.2) is 5.96 Å². The van der Waals surface area contributed by atoms with E-state index >= 15 is 0 Å². The highest BCUT2D eigenvalue weighted by molar-refractivity contribution is 5.93. The Morgan fingerprint density at radius 1 is 0.926 bits per heavy atom. The fourth-order valence-electron chi connectivity index (χ4n) is 2.44. The van der Waals surface area contributed by atoms with Gasteiger partial charge in [-0.2, -0.15) is 0 Å². The van der Waals surface area contributed by atoms with Crippen molar-refractivity contribution in [3.05, 3.63) is 65.7 Å². The lowest BCUT2D eigenvalue weighted by Gasteiger charge is -2.13. The monoisotopic (exact) mass is 369 g/mol. The number of hydrogen-bond donors (Lipinski definition) is 2. The quantitative estimate of drug-likeness (QED) is 0.357. The van der Waals surface area contributed by atoms with Crippen LogP contribution in [0.25, 0.3) is 0 Å². The van der Waals surface area contributed by atoms with Crippen LogP contribution in [0.5, 0.6) is 0 Å². The second-order valence-corrected chi connectivity index (χ2v) is 6.38. The molecule has 0 radical (unpaired) electrons. The third kappa shape index (κ3) is 9.22. The predicted octanol–water partition coefficient (Wildman–Crippen LogP) is 4.00. The molecule has 0 atom stereocenters. The molecule has 0 unspecified atom stereocenters. The Hall–Kier alpha value is -2.37. The highest BCUT2D eigenvalue weighted by Gasteiger charge is 2.00. The number of aliphatic imine (C=N–C) groups is 1. The second-order valence-electron chi connectivity index (χ2n) is 6.38. The molecular weight excluding hydrogens is 338 g/mol. The summed E-state index contributed by atoms with van der Waals surface area (Å²) in [5, 5.41) is 6.78. The minimum atomic E-state index is 0.641. The first-order valence-electron chi connectivity index (χ1n) is 9.50. The molecule has 0 saturated carbocycles. The van der Waals surface area contributed by atoms with E-state index in [-0.39, 0.29) is 0 Å². The maximum absolute atomic E-state index is 5.49. The highest BCUT2D eigenvalue weighted by Crippen LogP contribution is 2.07. The third-order valence-corrected chi connectivity index (χ3v) is 4.02. The number of nitrogens with zero attached hydrogens (tertiary/aromatic N) is 1. The topological polar surface area (TPSA) is 54.9 Å². The van der Waals surface area contributed by atoms with Crippen molar-refractivity contribution < 1.29 is 9.47 Å². The maximum Gasteiger partial charge on any atom is 0.196 e. The molecule has 27 heavy (non-hydrogen) atoms. The first kappa shape index (κ1) is 20.9. The van der Waals surface area contributed by atoms with Gasteiger partial charge < -0.3 is 20.1 Å². The summed E-state index contributed by atoms with van der Waals surface area (Å²) in [5.41, 5.74) is 3.48. The van der Waals surface area contributed by atoms with Crippen LogP contribution in [0.15, 0.2) is 59.6 Å². The lowest BCUT2D eigenvalue weighted by Crippen LogP contribution is -2.31. The van der Waals surface area contributed by atoms with E-state index in [0.29, 0.717) is 19.8 Å². The van der Waals surface area contributed by atoms with Gasteiger partial charge in [0.1, 0.15) is 0 Å². The molecule has 146 valence electrons. The zero-order chi connectivity index (χ0) is 19.2. The molecule has 0 bridgehead atoms. The van der Waals surface area contributed by atoms with Crippen LogP contribution in [0.3, 0.4) is 0 Å². The molecular formula is C22H31N3O2. The molecule has 2 aromatic carbocycles. The van der Waals surface area contributed by atoms with E-state index in [4.69, 9.17) is 14.5 Å². The standard InChI is InChI=1S/C22H31N3O2/c1-19-10-12-20(13-11-19)18-24-22(25-21-8-4-3-5-9-21)23-14-6-7-15-27-17-16-26-2/h3-5,8-13H,6-7,14-18H2,1-2H3,(H2,23,24,25). The van der Waals surface area contributed by atoms with Crippen molar-refractivity contribution >= 4 is 11.6 Å². The summed E-state index contributed by atoms with van der Waals surface area (Å²) in [5.74, 6) is 0.794. The minimum Gasteiger partial charge on any atom is -0.382 e. The number of anilines is 1. The third-order valence-electron chi connectivity index (χ3n) is 4.02. The van der Waals surface area contributed by atoms with Gasteiger partial charge in [-0.05, 0) is 37.5 Å². The number of benzene rings is 2. The van der Waals surface area contributed by atoms with Crippen LogP contribution < -0.4 is 10.6 Å². The van der Waals surface area contributed by atoms with Crippen molar-refractivity contribution in [2.75, 3.05) is 38.8 Å². The fraction of sp³-hybridized carbons (Fsp3) is 0.409. The van der Waals surface area contributed by atoms with E-state index in [9.17, 15) is 0 Å². The lowest BCUT2D eigenvalue weighted by atomic mass is 10.1. The molecule has 2 aromatic rings. The van der Waals surface area contributed by atoms with Crippen molar-refractivity contribution in [1.82, 2.24) is 5.32 Å². The summed E-state index contributed by atoms with van der Waals surface area (Å²) in [6.45, 7) is 5.64. The number of guanidine groups is 1. The molecule has 0 amide bonds. The first-order valence-corrected chi connectivity index (χ1v) is 9.50. The summed E-state index contributed by atoms with van der Waals surface area (Å²) in [7, 11) is 1.69. The number of unbranched alkanes of at least 4 members (excludes halogenated alkanes) is 1. The fourth-order valence-corrected chi connectivity index (χ4v) is 2.44. The van der Waals surface area contributed by atoms with Gasteiger partial charge in [0.05, 0.1) is 19.8 Å². The van der Waals surface area contributed by atoms with Gasteiger partial charge in [-0.15, -0.1) is 0 Å². The largest absolute Gasteiger partial charge is 0.382 e. The number of nitrogens with one attached hydrogen (secondary N) is 2. The van der Waals surface area contributed by atoms with Gasteiger partial charge in [0, 0.05) is 25.9 Å². The zero-order valence-electron chi connectivity index (χ0n) is 16.4. The maximum atomic E-state index is 5.49. The number of ether oxygens (including phenoxy) is 2. The minimum absolute atomic E-state index is 0.641. The Labute approximate surface area is 162 Å². The molecule has 0 aromatic heterocycles. The van der Waals surface area contributed by atoms with E-state index < -0.39 is 0 Å². The molecule has 0 aliphatic rings. The van der Waals surface area contributed by atoms with Crippen molar-refractivity contribution in [3.63, 3.8) is 0 Å². The van der Waals surface area contributed by atoms with Gasteiger partial charge in [0.25, 0.3) is 0 Å². The molecule has 5 heteroatoms. The van der Waals surface area contributed by atoms with Gasteiger partial charge in [-0.25, -0.2) is 4.99 Å². The van der Waals surface area contributed by atoms with Crippen LogP contribution in [0.1, 0.15) is 24.0 Å². The average Bonchev–Trinajstić information content (AvgIpc) is 2.70. The van der Waals surface area contributed by atoms with Gasteiger partial charge in [-0.1, -0.05) is 48.0 Å². The molecule has 0 aliphatic carbocycles. The van der Waals surface area contributed by atoms with Crippen molar-refractivity contribution in [1.29, 1.82) is 0 Å². The molecule has 0 saturated heterocycles. The van der Waals surface area contributed by atoms with Crippen molar-refractivity contribution in [3.8, 4) is 0 Å².